The number of fused-ring (bicyclic) bond motifs is 1. The fraction of sp³-hybridized carbons (Fsp3) is 0.375. The molecule has 0 atom stereocenters. The summed E-state index contributed by atoms with van der Waals surface area (Å²) in [5.74, 6) is -0.593. The predicted molar refractivity (Wildman–Crippen MR) is 91.9 cm³/mol. The number of anilines is 2. The first-order valence-corrected chi connectivity index (χ1v) is 7.87. The van der Waals surface area contributed by atoms with Crippen LogP contribution in [0.25, 0.3) is 10.8 Å². The Kier molecular flexibility index (Phi) is 4.04. The number of Topliss-reactive ketones (excluding diaryl/α,β-unsaturated/α-hetero) is 1. The second kappa shape index (κ2) is 5.86. The van der Waals surface area contributed by atoms with E-state index in [0.717, 1.165) is 31.3 Å². The average molecular weight is 335 g/mol. The van der Waals surface area contributed by atoms with Crippen LogP contribution in [0.3, 0.4) is 0 Å². The first-order valence-electron chi connectivity index (χ1n) is 7.50. The van der Waals surface area contributed by atoms with Gasteiger partial charge in [0.2, 0.25) is 5.78 Å². The van der Waals surface area contributed by atoms with Crippen molar-refractivity contribution in [2.75, 3.05) is 31.6 Å². The molecule has 0 unspecified atom stereocenters. The van der Waals surface area contributed by atoms with Gasteiger partial charge in [-0.25, -0.2) is 0 Å². The summed E-state index contributed by atoms with van der Waals surface area (Å²) in [6, 6.07) is 1.85. The Morgan fingerprint density at radius 2 is 2.00 bits per heavy atom. The third-order valence-electron chi connectivity index (χ3n) is 4.56. The molecule has 1 aliphatic rings. The van der Waals surface area contributed by atoms with E-state index in [-0.39, 0.29) is 16.8 Å². The summed E-state index contributed by atoms with van der Waals surface area (Å²) >= 11 is 6.32. The predicted octanol–water partition coefficient (Wildman–Crippen LogP) is 2.11. The summed E-state index contributed by atoms with van der Waals surface area (Å²) < 4.78 is 1.87. The minimum Gasteiger partial charge on any atom is -0.397 e. The SMILES string of the molecule is CN1CCC(n2cc3cc(N)c(N)c(Cl)c3c2C(=O)C=O)CC1. The van der Waals surface area contributed by atoms with Gasteiger partial charge >= 0.3 is 0 Å². The Morgan fingerprint density at radius 3 is 2.61 bits per heavy atom. The van der Waals surface area contributed by atoms with E-state index in [0.29, 0.717) is 23.1 Å². The monoisotopic (exact) mass is 334 g/mol. The van der Waals surface area contributed by atoms with Crippen molar-refractivity contribution in [3.8, 4) is 0 Å². The van der Waals surface area contributed by atoms with E-state index in [1.165, 1.54) is 0 Å². The maximum atomic E-state index is 12.2. The van der Waals surface area contributed by atoms with E-state index in [4.69, 9.17) is 23.1 Å². The van der Waals surface area contributed by atoms with Crippen LogP contribution < -0.4 is 11.5 Å². The van der Waals surface area contributed by atoms with Gasteiger partial charge in [-0.3, -0.25) is 9.59 Å². The molecule has 0 saturated carbocycles. The molecule has 4 N–H and O–H groups in total. The number of hydrogen-bond donors (Lipinski definition) is 2. The van der Waals surface area contributed by atoms with Crippen molar-refractivity contribution in [1.29, 1.82) is 0 Å². The standard InChI is InChI=1S/C16H19ClN4O2/c1-20-4-2-10(3-5-20)21-7-9-6-11(18)15(19)14(17)13(9)16(21)12(23)8-22/h6-8,10H,2-5,18-19H2,1H3. The number of aldehydes is 1. The molecule has 7 heteroatoms. The third-order valence-corrected chi connectivity index (χ3v) is 4.95. The highest BCUT2D eigenvalue weighted by Gasteiger charge is 2.26. The van der Waals surface area contributed by atoms with Crippen molar-refractivity contribution < 1.29 is 9.59 Å². The average Bonchev–Trinajstić information content (AvgIpc) is 2.92. The van der Waals surface area contributed by atoms with Crippen molar-refractivity contribution >= 4 is 45.8 Å². The zero-order valence-electron chi connectivity index (χ0n) is 12.9. The maximum absolute atomic E-state index is 12.2. The molecule has 1 aromatic carbocycles. The Labute approximate surface area is 139 Å². The van der Waals surface area contributed by atoms with E-state index < -0.39 is 5.78 Å². The third kappa shape index (κ3) is 2.58. The number of halogens is 1. The molecule has 0 spiro atoms. The quantitative estimate of drug-likeness (QED) is 0.388. The highest BCUT2D eigenvalue weighted by molar-refractivity contribution is 6.43. The van der Waals surface area contributed by atoms with Crippen molar-refractivity contribution in [3.05, 3.63) is 23.0 Å². The van der Waals surface area contributed by atoms with Crippen molar-refractivity contribution in [2.24, 2.45) is 0 Å². The van der Waals surface area contributed by atoms with Crippen LogP contribution in [-0.2, 0) is 4.79 Å². The lowest BCUT2D eigenvalue weighted by atomic mass is 10.0. The van der Waals surface area contributed by atoms with Crippen LogP contribution in [0, 0.1) is 0 Å². The van der Waals surface area contributed by atoms with Gasteiger partial charge in [-0.1, -0.05) is 11.6 Å². The number of carbonyl (C=O) groups excluding carboxylic acids is 2. The lowest BCUT2D eigenvalue weighted by Gasteiger charge is -2.30. The van der Waals surface area contributed by atoms with Gasteiger partial charge in [-0.2, -0.15) is 0 Å². The highest BCUT2D eigenvalue weighted by Crippen LogP contribution is 2.39. The highest BCUT2D eigenvalue weighted by atomic mass is 35.5. The molecule has 1 fully saturated rings. The van der Waals surface area contributed by atoms with Crippen LogP contribution in [0.1, 0.15) is 29.4 Å². The Hall–Kier alpha value is -2.05. The molecular weight excluding hydrogens is 316 g/mol. The molecule has 0 amide bonds. The number of piperidine rings is 1. The van der Waals surface area contributed by atoms with E-state index in [1.54, 1.807) is 6.07 Å². The number of aromatic nitrogens is 1. The maximum Gasteiger partial charge on any atom is 0.242 e. The number of nitrogen functional groups attached to an aromatic ring is 2. The van der Waals surface area contributed by atoms with E-state index in [1.807, 2.05) is 10.8 Å². The molecule has 6 nitrogen and oxygen atoms in total. The Balaban J connectivity index is 2.23. The molecule has 2 heterocycles. The summed E-state index contributed by atoms with van der Waals surface area (Å²) in [6.45, 7) is 1.87. The number of nitrogens with two attached hydrogens (primary N) is 2. The number of likely N-dealkylation sites (tertiary alicyclic amines) is 1. The normalized spacial score (nSPS) is 16.8. The van der Waals surface area contributed by atoms with E-state index >= 15 is 0 Å². The molecule has 1 aromatic heterocycles. The summed E-state index contributed by atoms with van der Waals surface area (Å²) in [7, 11) is 2.07. The fourth-order valence-corrected chi connectivity index (χ4v) is 3.57. The lowest BCUT2D eigenvalue weighted by Crippen LogP contribution is -2.32. The number of nitrogens with zero attached hydrogens (tertiary/aromatic N) is 2. The summed E-state index contributed by atoms with van der Waals surface area (Å²) in [5, 5.41) is 1.47. The number of benzene rings is 1. The van der Waals surface area contributed by atoms with Crippen molar-refractivity contribution in [3.63, 3.8) is 0 Å². The Morgan fingerprint density at radius 1 is 1.35 bits per heavy atom. The summed E-state index contributed by atoms with van der Waals surface area (Å²) in [5.41, 5.74) is 12.7. The van der Waals surface area contributed by atoms with Gasteiger partial charge in [0.1, 0.15) is 5.69 Å². The molecule has 23 heavy (non-hydrogen) atoms. The van der Waals surface area contributed by atoms with E-state index in [9.17, 15) is 9.59 Å². The largest absolute Gasteiger partial charge is 0.397 e. The molecular formula is C16H19ClN4O2. The van der Waals surface area contributed by atoms with Gasteiger partial charge in [-0.05, 0) is 39.0 Å². The van der Waals surface area contributed by atoms with Crippen LogP contribution in [-0.4, -0.2) is 41.7 Å². The minimum atomic E-state index is -0.593. The zero-order chi connectivity index (χ0) is 16.7. The van der Waals surface area contributed by atoms with Crippen LogP contribution in [0.2, 0.25) is 5.02 Å². The molecule has 1 aliphatic heterocycles. The van der Waals surface area contributed by atoms with Crippen LogP contribution in [0.5, 0.6) is 0 Å². The number of hydrogen-bond acceptors (Lipinski definition) is 5. The van der Waals surface area contributed by atoms with Gasteiger partial charge in [0.05, 0.1) is 16.4 Å². The number of rotatable bonds is 3. The second-order valence-corrected chi connectivity index (χ2v) is 6.44. The summed E-state index contributed by atoms with van der Waals surface area (Å²) in [4.78, 5) is 25.6. The molecule has 122 valence electrons. The first-order chi connectivity index (χ1) is 10.9. The number of ketones is 1. The minimum absolute atomic E-state index is 0.149. The van der Waals surface area contributed by atoms with Crippen LogP contribution in [0.15, 0.2) is 12.3 Å². The van der Waals surface area contributed by atoms with Gasteiger partial charge in [0.25, 0.3) is 0 Å². The van der Waals surface area contributed by atoms with E-state index in [2.05, 4.69) is 11.9 Å². The van der Waals surface area contributed by atoms with Crippen LogP contribution >= 0.6 is 11.6 Å². The molecule has 2 aromatic rings. The molecule has 1 saturated heterocycles. The van der Waals surface area contributed by atoms with Gasteiger partial charge in [0, 0.05) is 23.0 Å². The fourth-order valence-electron chi connectivity index (χ4n) is 3.26. The molecule has 0 aliphatic carbocycles. The lowest BCUT2D eigenvalue weighted by molar-refractivity contribution is -0.104. The van der Waals surface area contributed by atoms with Crippen molar-refractivity contribution in [1.82, 2.24) is 9.47 Å². The number of carbonyl (C=O) groups is 2. The van der Waals surface area contributed by atoms with Gasteiger partial charge in [-0.15, -0.1) is 0 Å². The first kappa shape index (κ1) is 15.8. The topological polar surface area (TPSA) is 94.3 Å². The molecule has 0 radical (unpaired) electrons. The molecule has 3 rings (SSSR count). The van der Waals surface area contributed by atoms with Crippen LogP contribution in [0.4, 0.5) is 11.4 Å². The second-order valence-electron chi connectivity index (χ2n) is 6.06. The smallest absolute Gasteiger partial charge is 0.242 e. The van der Waals surface area contributed by atoms with Gasteiger partial charge < -0.3 is 20.9 Å². The zero-order valence-corrected chi connectivity index (χ0v) is 13.6. The molecule has 0 bridgehead atoms. The van der Waals surface area contributed by atoms with Crippen molar-refractivity contribution in [2.45, 2.75) is 18.9 Å². The van der Waals surface area contributed by atoms with Gasteiger partial charge in [0.15, 0.2) is 6.29 Å². The Bertz CT molecular complexity index is 791. The summed E-state index contributed by atoms with van der Waals surface area (Å²) in [6.07, 6.45) is 3.98.